The summed E-state index contributed by atoms with van der Waals surface area (Å²) in [7, 11) is 0. The molecule has 2 unspecified atom stereocenters. The van der Waals surface area contributed by atoms with E-state index in [2.05, 4.69) is 17.1 Å². The van der Waals surface area contributed by atoms with Gasteiger partial charge in [0.1, 0.15) is 0 Å². The van der Waals surface area contributed by atoms with Gasteiger partial charge in [-0.3, -0.25) is 0 Å². The van der Waals surface area contributed by atoms with Crippen LogP contribution in [0.1, 0.15) is 50.9 Å². The van der Waals surface area contributed by atoms with Gasteiger partial charge >= 0.3 is 0 Å². The predicted molar refractivity (Wildman–Crippen MR) is 52.6 cm³/mol. The molecule has 1 aliphatic carbocycles. The van der Waals surface area contributed by atoms with Gasteiger partial charge in [-0.25, -0.2) is 0 Å². The highest BCUT2D eigenvalue weighted by Gasteiger charge is 2.38. The summed E-state index contributed by atoms with van der Waals surface area (Å²) in [4.78, 5) is 4.34. The Morgan fingerprint density at radius 1 is 1.50 bits per heavy atom. The summed E-state index contributed by atoms with van der Waals surface area (Å²) < 4.78 is 5.15. The van der Waals surface area contributed by atoms with Crippen LogP contribution >= 0.6 is 0 Å². The maximum atomic E-state index is 5.91. The van der Waals surface area contributed by atoms with Crippen LogP contribution in [0.3, 0.4) is 0 Å². The Hall–Kier alpha value is -0.900. The molecule has 78 valence electrons. The average Bonchev–Trinajstić information content (AvgIpc) is 2.67. The molecule has 1 saturated carbocycles. The Morgan fingerprint density at radius 3 is 2.64 bits per heavy atom. The van der Waals surface area contributed by atoms with E-state index in [4.69, 9.17) is 10.3 Å². The lowest BCUT2D eigenvalue weighted by molar-refractivity contribution is 0.322. The molecule has 14 heavy (non-hydrogen) atoms. The molecule has 3 atom stereocenters. The highest BCUT2D eigenvalue weighted by atomic mass is 16.5. The Bertz CT molecular complexity index is 321. The monoisotopic (exact) mass is 195 g/mol. The van der Waals surface area contributed by atoms with E-state index in [1.54, 1.807) is 0 Å². The second-order valence-corrected chi connectivity index (χ2v) is 4.58. The molecular formula is C10H17N3O. The first-order valence-corrected chi connectivity index (χ1v) is 5.18. The van der Waals surface area contributed by atoms with Crippen molar-refractivity contribution in [2.24, 2.45) is 17.6 Å². The lowest BCUT2D eigenvalue weighted by Crippen LogP contribution is -2.17. The van der Waals surface area contributed by atoms with Gasteiger partial charge in [-0.15, -0.1) is 0 Å². The zero-order chi connectivity index (χ0) is 10.3. The number of hydrogen-bond donors (Lipinski definition) is 1. The van der Waals surface area contributed by atoms with Crippen molar-refractivity contribution in [3.8, 4) is 0 Å². The van der Waals surface area contributed by atoms with Crippen LogP contribution in [0.2, 0.25) is 0 Å². The van der Waals surface area contributed by atoms with Crippen molar-refractivity contribution in [2.45, 2.75) is 39.2 Å². The number of rotatable bonds is 3. The molecular weight excluding hydrogens is 178 g/mol. The van der Waals surface area contributed by atoms with Crippen molar-refractivity contribution >= 4 is 0 Å². The van der Waals surface area contributed by atoms with E-state index >= 15 is 0 Å². The van der Waals surface area contributed by atoms with E-state index in [-0.39, 0.29) is 6.04 Å². The van der Waals surface area contributed by atoms with E-state index in [1.165, 1.54) is 6.42 Å². The zero-order valence-electron chi connectivity index (χ0n) is 8.90. The minimum absolute atomic E-state index is 0.134. The Morgan fingerprint density at radius 2 is 2.14 bits per heavy atom. The van der Waals surface area contributed by atoms with Crippen molar-refractivity contribution in [1.82, 2.24) is 10.1 Å². The highest BCUT2D eigenvalue weighted by Crippen LogP contribution is 2.45. The quantitative estimate of drug-likeness (QED) is 0.799. The molecule has 4 heteroatoms. The van der Waals surface area contributed by atoms with Gasteiger partial charge in [0.2, 0.25) is 5.89 Å². The van der Waals surface area contributed by atoms with Crippen LogP contribution in [0.25, 0.3) is 0 Å². The van der Waals surface area contributed by atoms with Crippen LogP contribution in [-0.2, 0) is 0 Å². The molecule has 0 aromatic carbocycles. The minimum Gasteiger partial charge on any atom is -0.338 e. The molecule has 0 amide bonds. The average molecular weight is 195 g/mol. The number of hydrogen-bond acceptors (Lipinski definition) is 4. The van der Waals surface area contributed by atoms with Gasteiger partial charge in [0.25, 0.3) is 0 Å². The summed E-state index contributed by atoms with van der Waals surface area (Å²) in [5.74, 6) is 2.96. The Labute approximate surface area is 83.9 Å². The van der Waals surface area contributed by atoms with Crippen molar-refractivity contribution in [2.75, 3.05) is 0 Å². The fourth-order valence-electron chi connectivity index (χ4n) is 1.50. The highest BCUT2D eigenvalue weighted by molar-refractivity contribution is 5.08. The van der Waals surface area contributed by atoms with Gasteiger partial charge in [0.15, 0.2) is 5.82 Å². The molecule has 0 spiro atoms. The summed E-state index contributed by atoms with van der Waals surface area (Å²) in [6, 6.07) is -0.134. The van der Waals surface area contributed by atoms with Crippen LogP contribution < -0.4 is 5.73 Å². The van der Waals surface area contributed by atoms with Gasteiger partial charge in [-0.05, 0) is 18.3 Å². The molecule has 0 bridgehead atoms. The van der Waals surface area contributed by atoms with Gasteiger partial charge in [-0.2, -0.15) is 4.98 Å². The van der Waals surface area contributed by atoms with Gasteiger partial charge in [-0.1, -0.05) is 25.9 Å². The summed E-state index contributed by atoms with van der Waals surface area (Å²) in [5.41, 5.74) is 5.91. The third kappa shape index (κ3) is 1.66. The van der Waals surface area contributed by atoms with Crippen LogP contribution in [0.5, 0.6) is 0 Å². The molecule has 1 aromatic rings. The van der Waals surface area contributed by atoms with Crippen molar-refractivity contribution in [3.63, 3.8) is 0 Å². The predicted octanol–water partition coefficient (Wildman–Crippen LogP) is 1.85. The van der Waals surface area contributed by atoms with E-state index in [1.807, 2.05) is 13.8 Å². The molecule has 2 N–H and O–H groups in total. The van der Waals surface area contributed by atoms with Crippen LogP contribution in [-0.4, -0.2) is 10.1 Å². The molecule has 1 fully saturated rings. The molecule has 0 saturated heterocycles. The number of nitrogens with zero attached hydrogens (tertiary/aromatic N) is 2. The van der Waals surface area contributed by atoms with Gasteiger partial charge in [0.05, 0.1) is 6.04 Å². The molecule has 4 nitrogen and oxygen atoms in total. The van der Waals surface area contributed by atoms with Crippen molar-refractivity contribution in [3.05, 3.63) is 11.7 Å². The smallest absolute Gasteiger partial charge is 0.243 e. The third-order valence-electron chi connectivity index (χ3n) is 2.90. The van der Waals surface area contributed by atoms with E-state index < -0.39 is 0 Å². The van der Waals surface area contributed by atoms with Crippen molar-refractivity contribution in [1.29, 1.82) is 0 Å². The lowest BCUT2D eigenvalue weighted by Gasteiger charge is -2.09. The number of aromatic nitrogens is 2. The lowest BCUT2D eigenvalue weighted by atomic mass is 10.1. The Kier molecular flexibility index (Phi) is 2.31. The SMILES string of the molecule is CC1CC1c1noc([C@H](N)C(C)C)n1. The van der Waals surface area contributed by atoms with Crippen LogP contribution in [0.4, 0.5) is 0 Å². The summed E-state index contributed by atoms with van der Waals surface area (Å²) in [6.45, 7) is 6.30. The minimum atomic E-state index is -0.134. The molecule has 2 rings (SSSR count). The summed E-state index contributed by atoms with van der Waals surface area (Å²) in [6.07, 6.45) is 1.18. The second-order valence-electron chi connectivity index (χ2n) is 4.58. The van der Waals surface area contributed by atoms with Crippen LogP contribution in [0.15, 0.2) is 4.52 Å². The maximum Gasteiger partial charge on any atom is 0.243 e. The fraction of sp³-hybridized carbons (Fsp3) is 0.800. The molecule has 1 aromatic heterocycles. The Balaban J connectivity index is 2.10. The van der Waals surface area contributed by atoms with E-state index in [9.17, 15) is 0 Å². The number of nitrogens with two attached hydrogens (primary N) is 1. The molecule has 1 aliphatic rings. The van der Waals surface area contributed by atoms with Gasteiger partial charge < -0.3 is 10.3 Å². The third-order valence-corrected chi connectivity index (χ3v) is 2.90. The first-order valence-electron chi connectivity index (χ1n) is 5.18. The van der Waals surface area contributed by atoms with Crippen LogP contribution in [0, 0.1) is 11.8 Å². The van der Waals surface area contributed by atoms with E-state index in [0.29, 0.717) is 23.6 Å². The summed E-state index contributed by atoms with van der Waals surface area (Å²) >= 11 is 0. The topological polar surface area (TPSA) is 64.9 Å². The van der Waals surface area contributed by atoms with Gasteiger partial charge in [0, 0.05) is 5.92 Å². The fourth-order valence-corrected chi connectivity index (χ4v) is 1.50. The standard InChI is InChI=1S/C10H17N3O/c1-5(2)8(11)10-12-9(13-14-10)7-4-6(7)3/h5-8H,4,11H2,1-3H3/t6?,7?,8-/m1/s1. The van der Waals surface area contributed by atoms with Crippen molar-refractivity contribution < 1.29 is 4.52 Å². The molecule has 1 heterocycles. The maximum absolute atomic E-state index is 5.91. The second kappa shape index (κ2) is 3.35. The largest absolute Gasteiger partial charge is 0.338 e. The first-order chi connectivity index (χ1) is 6.59. The summed E-state index contributed by atoms with van der Waals surface area (Å²) in [5, 5.41) is 3.97. The van der Waals surface area contributed by atoms with E-state index in [0.717, 1.165) is 5.82 Å². The molecule has 0 aliphatic heterocycles. The normalized spacial score (nSPS) is 28.1. The zero-order valence-corrected chi connectivity index (χ0v) is 8.90. The first kappa shape index (κ1) is 9.65. The molecule has 0 radical (unpaired) electrons.